The molecule has 86 valence electrons. The molecule has 0 unspecified atom stereocenters. The van der Waals surface area contributed by atoms with E-state index in [0.717, 1.165) is 17.0 Å². The Morgan fingerprint density at radius 3 is 2.19 bits per heavy atom. The monoisotopic (exact) mass is 275 g/mol. The number of halogens is 3. The largest absolute Gasteiger partial charge is 0.254 e. The number of alkyl halides is 3. The summed E-state index contributed by atoms with van der Waals surface area (Å²) >= 11 is 17.0. The van der Waals surface area contributed by atoms with Crippen molar-refractivity contribution in [3.63, 3.8) is 0 Å². The summed E-state index contributed by atoms with van der Waals surface area (Å²) < 4.78 is -1.38. The van der Waals surface area contributed by atoms with E-state index < -0.39 is 3.79 Å². The van der Waals surface area contributed by atoms with Gasteiger partial charge in [-0.3, -0.25) is 4.99 Å². The Labute approximate surface area is 111 Å². The van der Waals surface area contributed by atoms with Gasteiger partial charge in [0.2, 0.25) is 3.79 Å². The zero-order chi connectivity index (χ0) is 12.2. The molecule has 4 heteroatoms. The molecule has 1 aromatic rings. The van der Waals surface area contributed by atoms with Crippen LogP contribution in [0.1, 0.15) is 13.8 Å². The van der Waals surface area contributed by atoms with Crippen LogP contribution in [0.3, 0.4) is 0 Å². The van der Waals surface area contributed by atoms with E-state index in [2.05, 4.69) is 4.99 Å². The fourth-order valence-corrected chi connectivity index (χ4v) is 1.63. The van der Waals surface area contributed by atoms with Gasteiger partial charge >= 0.3 is 0 Å². The molecule has 0 N–H and O–H groups in total. The molecular weight excluding hydrogens is 264 g/mol. The lowest BCUT2D eigenvalue weighted by Gasteiger charge is -2.07. The Kier molecular flexibility index (Phi) is 4.85. The SMILES string of the molecule is CC(=Nc1ccccc1)/C(C)=C\C(Cl)(Cl)Cl. The van der Waals surface area contributed by atoms with Gasteiger partial charge in [-0.2, -0.15) is 0 Å². The topological polar surface area (TPSA) is 12.4 Å². The summed E-state index contributed by atoms with van der Waals surface area (Å²) in [5.74, 6) is 0. The number of para-hydroxylation sites is 1. The fourth-order valence-electron chi connectivity index (χ4n) is 1.13. The molecule has 0 bridgehead atoms. The van der Waals surface area contributed by atoms with Crippen LogP contribution >= 0.6 is 34.8 Å². The minimum absolute atomic E-state index is 0.831. The van der Waals surface area contributed by atoms with Gasteiger partial charge in [0.25, 0.3) is 0 Å². The number of allylic oxidation sites excluding steroid dienone is 2. The summed E-state index contributed by atoms with van der Waals surface area (Å²) in [6, 6.07) is 9.65. The quantitative estimate of drug-likeness (QED) is 0.527. The summed E-state index contributed by atoms with van der Waals surface area (Å²) in [5.41, 5.74) is 2.57. The van der Waals surface area contributed by atoms with E-state index in [9.17, 15) is 0 Å². The van der Waals surface area contributed by atoms with Gasteiger partial charge in [0.15, 0.2) is 0 Å². The van der Waals surface area contributed by atoms with Crippen molar-refractivity contribution in [2.24, 2.45) is 4.99 Å². The number of rotatable bonds is 2. The normalized spacial score (nSPS) is 14.1. The lowest BCUT2D eigenvalue weighted by Crippen LogP contribution is -2.01. The van der Waals surface area contributed by atoms with Crippen molar-refractivity contribution in [3.05, 3.63) is 42.0 Å². The highest BCUT2D eigenvalue weighted by atomic mass is 35.6. The fraction of sp³-hybridized carbons (Fsp3) is 0.250. The highest BCUT2D eigenvalue weighted by molar-refractivity contribution is 6.69. The van der Waals surface area contributed by atoms with E-state index >= 15 is 0 Å². The van der Waals surface area contributed by atoms with Crippen LogP contribution in [0.5, 0.6) is 0 Å². The third-order valence-corrected chi connectivity index (χ3v) is 2.33. The molecule has 0 spiro atoms. The highest BCUT2D eigenvalue weighted by Gasteiger charge is 2.16. The van der Waals surface area contributed by atoms with Gasteiger partial charge in [0.05, 0.1) is 5.69 Å². The predicted octanol–water partition coefficient (Wildman–Crippen LogP) is 5.10. The lowest BCUT2D eigenvalue weighted by atomic mass is 10.2. The molecule has 0 fully saturated rings. The van der Waals surface area contributed by atoms with E-state index in [0.29, 0.717) is 0 Å². The molecule has 0 saturated carbocycles. The first-order chi connectivity index (χ1) is 7.38. The van der Waals surface area contributed by atoms with Gasteiger partial charge < -0.3 is 0 Å². The minimum Gasteiger partial charge on any atom is -0.254 e. The first-order valence-corrected chi connectivity index (χ1v) is 5.89. The van der Waals surface area contributed by atoms with Crippen LogP contribution in [0.15, 0.2) is 47.0 Å². The molecule has 16 heavy (non-hydrogen) atoms. The Morgan fingerprint density at radius 1 is 1.12 bits per heavy atom. The summed E-state index contributed by atoms with van der Waals surface area (Å²) in [6.45, 7) is 3.75. The summed E-state index contributed by atoms with van der Waals surface area (Å²) in [7, 11) is 0. The van der Waals surface area contributed by atoms with Crippen LogP contribution in [0.25, 0.3) is 0 Å². The van der Waals surface area contributed by atoms with Gasteiger partial charge in [0.1, 0.15) is 0 Å². The first-order valence-electron chi connectivity index (χ1n) is 4.75. The number of hydrogen-bond donors (Lipinski definition) is 0. The molecule has 0 aromatic heterocycles. The molecule has 1 nitrogen and oxygen atoms in total. The van der Waals surface area contributed by atoms with E-state index in [1.54, 1.807) is 6.08 Å². The van der Waals surface area contributed by atoms with Crippen molar-refractivity contribution in [2.45, 2.75) is 17.6 Å². The molecule has 0 amide bonds. The van der Waals surface area contributed by atoms with Crippen LogP contribution in [0, 0.1) is 0 Å². The molecule has 0 saturated heterocycles. The van der Waals surface area contributed by atoms with Gasteiger partial charge in [-0.25, -0.2) is 0 Å². The van der Waals surface area contributed by atoms with Crippen molar-refractivity contribution >= 4 is 46.2 Å². The van der Waals surface area contributed by atoms with Crippen LogP contribution in [0.2, 0.25) is 0 Å². The number of benzene rings is 1. The Bertz CT molecular complexity index is 402. The van der Waals surface area contributed by atoms with Crippen LogP contribution < -0.4 is 0 Å². The third-order valence-electron chi connectivity index (χ3n) is 2.00. The number of aliphatic imine (C=N–C) groups is 1. The number of nitrogens with zero attached hydrogens (tertiary/aromatic N) is 1. The van der Waals surface area contributed by atoms with Crippen molar-refractivity contribution in [1.29, 1.82) is 0 Å². The average molecular weight is 277 g/mol. The molecule has 0 aliphatic heterocycles. The lowest BCUT2D eigenvalue weighted by molar-refractivity contribution is 1.37. The molecule has 1 rings (SSSR count). The summed E-state index contributed by atoms with van der Waals surface area (Å²) in [6.07, 6.45) is 1.56. The Morgan fingerprint density at radius 2 is 1.69 bits per heavy atom. The summed E-state index contributed by atoms with van der Waals surface area (Å²) in [5, 5.41) is 0. The van der Waals surface area contributed by atoms with Gasteiger partial charge in [-0.05, 0) is 37.6 Å². The molecule has 0 atom stereocenters. The second-order valence-electron chi connectivity index (χ2n) is 3.40. The van der Waals surface area contributed by atoms with Gasteiger partial charge in [-0.1, -0.05) is 53.0 Å². The van der Waals surface area contributed by atoms with Crippen LogP contribution in [-0.2, 0) is 0 Å². The number of hydrogen-bond acceptors (Lipinski definition) is 1. The van der Waals surface area contributed by atoms with Crippen LogP contribution in [0.4, 0.5) is 5.69 Å². The van der Waals surface area contributed by atoms with Crippen molar-refractivity contribution < 1.29 is 0 Å². The van der Waals surface area contributed by atoms with Crippen molar-refractivity contribution in [1.82, 2.24) is 0 Å². The molecule has 0 radical (unpaired) electrons. The molecular formula is C12H12Cl3N. The predicted molar refractivity (Wildman–Crippen MR) is 73.3 cm³/mol. The maximum absolute atomic E-state index is 5.67. The Hall–Kier alpha value is -0.500. The van der Waals surface area contributed by atoms with Gasteiger partial charge in [0, 0.05) is 5.71 Å². The summed E-state index contributed by atoms with van der Waals surface area (Å²) in [4.78, 5) is 4.42. The maximum atomic E-state index is 5.67. The van der Waals surface area contributed by atoms with E-state index in [1.807, 2.05) is 44.2 Å². The van der Waals surface area contributed by atoms with E-state index in [4.69, 9.17) is 34.8 Å². The molecule has 1 aromatic carbocycles. The van der Waals surface area contributed by atoms with Crippen molar-refractivity contribution in [3.8, 4) is 0 Å². The highest BCUT2D eigenvalue weighted by Crippen LogP contribution is 2.29. The van der Waals surface area contributed by atoms with E-state index in [1.165, 1.54) is 0 Å². The standard InChI is InChI=1S/C12H12Cl3N/c1-9(8-12(13,14)15)10(2)16-11-6-4-3-5-7-11/h3-8H,1-2H3/b9-8-,16-10?. The maximum Gasteiger partial charge on any atom is 0.209 e. The molecule has 0 aliphatic carbocycles. The smallest absolute Gasteiger partial charge is 0.209 e. The van der Waals surface area contributed by atoms with Crippen LogP contribution in [-0.4, -0.2) is 9.50 Å². The second kappa shape index (κ2) is 5.72. The molecule has 0 heterocycles. The third kappa shape index (κ3) is 5.02. The zero-order valence-electron chi connectivity index (χ0n) is 9.05. The minimum atomic E-state index is -1.38. The van der Waals surface area contributed by atoms with Crippen molar-refractivity contribution in [2.75, 3.05) is 0 Å². The first kappa shape index (κ1) is 13.6. The average Bonchev–Trinajstić information content (AvgIpc) is 2.16. The molecule has 0 aliphatic rings. The second-order valence-corrected chi connectivity index (χ2v) is 5.77. The zero-order valence-corrected chi connectivity index (χ0v) is 11.3. The van der Waals surface area contributed by atoms with Gasteiger partial charge in [-0.15, -0.1) is 0 Å². The Balaban J connectivity index is 2.91. The van der Waals surface area contributed by atoms with E-state index in [-0.39, 0.29) is 0 Å².